The van der Waals surface area contributed by atoms with Crippen LogP contribution in [0.15, 0.2) is 30.5 Å². The van der Waals surface area contributed by atoms with Crippen molar-refractivity contribution in [2.75, 3.05) is 6.54 Å². The summed E-state index contributed by atoms with van der Waals surface area (Å²) in [6, 6.07) is 4.14. The number of ketones is 1. The summed E-state index contributed by atoms with van der Waals surface area (Å²) in [4.78, 5) is 61.9. The third-order valence-electron chi connectivity index (χ3n) is 7.71. The summed E-state index contributed by atoms with van der Waals surface area (Å²) in [7, 11) is 0. The summed E-state index contributed by atoms with van der Waals surface area (Å²) >= 11 is 0. The van der Waals surface area contributed by atoms with Gasteiger partial charge in [0.15, 0.2) is 11.9 Å². The lowest BCUT2D eigenvalue weighted by atomic mass is 9.79. The second kappa shape index (κ2) is 11.8. The van der Waals surface area contributed by atoms with Crippen molar-refractivity contribution in [1.82, 2.24) is 25.7 Å². The number of carbonyl (C=O) groups excluding carboxylic acids is 4. The first-order valence-corrected chi connectivity index (χ1v) is 13.9. The van der Waals surface area contributed by atoms with E-state index in [-0.39, 0.29) is 29.9 Å². The van der Waals surface area contributed by atoms with Crippen LogP contribution in [0.3, 0.4) is 0 Å². The number of hydrogen-bond acceptors (Lipinski definition) is 8. The first kappa shape index (κ1) is 29.3. The predicted octanol–water partition coefficient (Wildman–Crippen LogP) is 3.52. The maximum atomic E-state index is 13.4. The van der Waals surface area contributed by atoms with Crippen LogP contribution >= 0.6 is 0 Å². The van der Waals surface area contributed by atoms with Gasteiger partial charge in [0.2, 0.25) is 5.91 Å². The molecule has 40 heavy (non-hydrogen) atoms. The molecule has 1 fully saturated rings. The molecular formula is C30H39N5O5. The summed E-state index contributed by atoms with van der Waals surface area (Å²) in [5.74, 6) is -1.64. The Kier molecular flexibility index (Phi) is 8.68. The number of nitrogens with one attached hydrogen (secondary N) is 2. The van der Waals surface area contributed by atoms with Gasteiger partial charge in [0, 0.05) is 35.9 Å². The van der Waals surface area contributed by atoms with E-state index in [1.165, 1.54) is 5.01 Å². The van der Waals surface area contributed by atoms with Gasteiger partial charge in [0.25, 0.3) is 5.91 Å². The number of cyclic esters (lactones) is 1. The molecule has 0 unspecified atom stereocenters. The third kappa shape index (κ3) is 6.55. The molecule has 4 atom stereocenters. The highest BCUT2D eigenvalue weighted by Crippen LogP contribution is 2.28. The second-order valence-electron chi connectivity index (χ2n) is 11.7. The molecule has 0 radical (unpaired) electrons. The normalized spacial score (nSPS) is 27.4. The lowest BCUT2D eigenvalue weighted by molar-refractivity contribution is -0.157. The Morgan fingerprint density at radius 1 is 1.12 bits per heavy atom. The summed E-state index contributed by atoms with van der Waals surface area (Å²) < 4.78 is 5.69. The molecule has 1 saturated heterocycles. The van der Waals surface area contributed by atoms with Crippen LogP contribution in [0.25, 0.3) is 17.0 Å². The largest absolute Gasteiger partial charge is 0.453 e. The van der Waals surface area contributed by atoms with Crippen molar-refractivity contribution >= 4 is 40.5 Å². The number of nitrogens with zero attached hydrogens (tertiary/aromatic N) is 3. The zero-order valence-corrected chi connectivity index (χ0v) is 24.1. The van der Waals surface area contributed by atoms with Gasteiger partial charge in [-0.3, -0.25) is 24.2 Å². The first-order valence-electron chi connectivity index (χ1n) is 13.9. The molecule has 214 valence electrons. The summed E-state index contributed by atoms with van der Waals surface area (Å²) in [5.41, 5.74) is 3.68. The summed E-state index contributed by atoms with van der Waals surface area (Å²) in [6.45, 7) is 11.2. The fourth-order valence-electron chi connectivity index (χ4n) is 4.89. The molecule has 10 heteroatoms. The monoisotopic (exact) mass is 549 g/mol. The zero-order valence-electron chi connectivity index (χ0n) is 24.1. The molecule has 4 rings (SSSR count). The number of rotatable bonds is 1. The lowest BCUT2D eigenvalue weighted by Crippen LogP contribution is -2.59. The van der Waals surface area contributed by atoms with Crippen molar-refractivity contribution in [1.29, 1.82) is 0 Å². The van der Waals surface area contributed by atoms with E-state index in [9.17, 15) is 19.2 Å². The van der Waals surface area contributed by atoms with Crippen LogP contribution in [0.4, 0.5) is 0 Å². The van der Waals surface area contributed by atoms with Gasteiger partial charge in [-0.15, -0.1) is 0 Å². The van der Waals surface area contributed by atoms with Gasteiger partial charge >= 0.3 is 5.97 Å². The Labute approximate surface area is 234 Å². The van der Waals surface area contributed by atoms with E-state index in [0.717, 1.165) is 10.9 Å². The quantitative estimate of drug-likeness (QED) is 0.517. The molecule has 1 aromatic carbocycles. The number of esters is 1. The Hall–Kier alpha value is -3.66. The van der Waals surface area contributed by atoms with Crippen LogP contribution in [-0.4, -0.2) is 57.2 Å². The summed E-state index contributed by atoms with van der Waals surface area (Å²) in [6.07, 6.45) is 5.83. The molecule has 5 bridgehead atoms. The molecular weight excluding hydrogens is 510 g/mol. The number of fused-ring (bicyclic) bond motifs is 4. The number of benzene rings is 1. The molecule has 10 nitrogen and oxygen atoms in total. The van der Waals surface area contributed by atoms with E-state index >= 15 is 0 Å². The van der Waals surface area contributed by atoms with Crippen LogP contribution < -0.4 is 10.7 Å². The zero-order chi connectivity index (χ0) is 29.2. The van der Waals surface area contributed by atoms with Crippen molar-refractivity contribution in [2.24, 2.45) is 17.3 Å². The average molecular weight is 550 g/mol. The Bertz CT molecular complexity index is 1340. The van der Waals surface area contributed by atoms with E-state index in [1.807, 2.05) is 58.0 Å². The maximum absolute atomic E-state index is 13.4. The van der Waals surface area contributed by atoms with Gasteiger partial charge in [-0.05, 0) is 58.1 Å². The molecule has 2 aromatic rings. The van der Waals surface area contributed by atoms with Crippen LogP contribution in [0, 0.1) is 17.3 Å². The molecule has 0 spiro atoms. The van der Waals surface area contributed by atoms with Gasteiger partial charge in [0.1, 0.15) is 17.9 Å². The second-order valence-corrected chi connectivity index (χ2v) is 11.7. The lowest BCUT2D eigenvalue weighted by Gasteiger charge is -2.35. The molecule has 3 heterocycles. The van der Waals surface area contributed by atoms with E-state index in [1.54, 1.807) is 20.0 Å². The molecule has 2 aliphatic heterocycles. The number of allylic oxidation sites excluding steroid dienone is 1. The molecule has 1 aromatic heterocycles. The number of aromatic nitrogens is 2. The molecule has 0 aliphatic carbocycles. The minimum Gasteiger partial charge on any atom is -0.453 e. The van der Waals surface area contributed by atoms with E-state index < -0.39 is 35.5 Å². The van der Waals surface area contributed by atoms with Gasteiger partial charge in [-0.1, -0.05) is 38.1 Å². The highest BCUT2D eigenvalue weighted by molar-refractivity contribution is 5.93. The maximum Gasteiger partial charge on any atom is 0.325 e. The van der Waals surface area contributed by atoms with Gasteiger partial charge in [-0.2, -0.15) is 0 Å². The SMILES string of the molecule is CC(C)[C@@H]1CC(=O)C(C)(C)/C=C/c2ccc3cnc(nc3c2)[C@@H](C)OC(=O)[C@@H]2CCCN(N2)C(=O)[C@H](C)NC1=O. The van der Waals surface area contributed by atoms with E-state index in [2.05, 4.69) is 20.7 Å². The van der Waals surface area contributed by atoms with Crippen molar-refractivity contribution < 1.29 is 23.9 Å². The van der Waals surface area contributed by atoms with Crippen molar-refractivity contribution in [3.63, 3.8) is 0 Å². The van der Waals surface area contributed by atoms with E-state index in [0.29, 0.717) is 30.7 Å². The number of ether oxygens (including phenoxy) is 1. The number of carbonyl (C=O) groups is 4. The minimum atomic E-state index is -0.849. The number of hydrazine groups is 1. The van der Waals surface area contributed by atoms with Gasteiger partial charge in [-0.25, -0.2) is 15.4 Å². The number of amides is 2. The fourth-order valence-corrected chi connectivity index (χ4v) is 4.89. The predicted molar refractivity (Wildman–Crippen MR) is 150 cm³/mol. The fraction of sp³-hybridized carbons (Fsp3) is 0.533. The average Bonchev–Trinajstić information content (AvgIpc) is 2.92. The number of hydrogen-bond donors (Lipinski definition) is 2. The van der Waals surface area contributed by atoms with E-state index in [4.69, 9.17) is 4.74 Å². The van der Waals surface area contributed by atoms with Crippen LogP contribution in [0.5, 0.6) is 0 Å². The van der Waals surface area contributed by atoms with Crippen molar-refractivity contribution in [3.8, 4) is 0 Å². The molecule has 2 aliphatic rings. The molecule has 2 N–H and O–H groups in total. The standard InChI is InChI=1S/C30H39N5O5/c1-17(2)22-15-25(36)30(5,6)12-11-20-9-10-21-16-31-26(33-24(21)14-20)19(4)40-29(39)23-8-7-13-35(34-23)28(38)18(3)32-27(22)37/h9-12,14,16-19,22-23,34H,7-8,13,15H2,1-6H3,(H,32,37)/b12-11+/t18-,19+,22-,23-/m0/s1. The smallest absolute Gasteiger partial charge is 0.325 e. The van der Waals surface area contributed by atoms with Gasteiger partial charge < -0.3 is 10.1 Å². The van der Waals surface area contributed by atoms with Crippen LogP contribution in [0.1, 0.15) is 78.3 Å². The highest BCUT2D eigenvalue weighted by atomic mass is 16.5. The summed E-state index contributed by atoms with van der Waals surface area (Å²) in [5, 5.41) is 4.99. The Morgan fingerprint density at radius 2 is 1.88 bits per heavy atom. The Morgan fingerprint density at radius 3 is 2.60 bits per heavy atom. The minimum absolute atomic E-state index is 0.0455. The first-order chi connectivity index (χ1) is 18.9. The Balaban J connectivity index is 1.70. The number of Topliss-reactive ketones (excluding diaryl/α,β-unsaturated/α-hetero) is 1. The molecule has 0 saturated carbocycles. The van der Waals surface area contributed by atoms with Crippen LogP contribution in [0.2, 0.25) is 0 Å². The van der Waals surface area contributed by atoms with Crippen molar-refractivity contribution in [3.05, 3.63) is 41.9 Å². The van der Waals surface area contributed by atoms with Gasteiger partial charge in [0.05, 0.1) is 5.52 Å². The third-order valence-corrected chi connectivity index (χ3v) is 7.71. The highest BCUT2D eigenvalue weighted by Gasteiger charge is 2.35. The topological polar surface area (TPSA) is 131 Å². The molecule has 2 amide bonds. The van der Waals surface area contributed by atoms with Crippen LogP contribution in [-0.2, 0) is 23.9 Å². The van der Waals surface area contributed by atoms with Crippen molar-refractivity contribution in [2.45, 2.75) is 79.0 Å².